The van der Waals surface area contributed by atoms with Gasteiger partial charge in [-0.25, -0.2) is 0 Å². The maximum absolute atomic E-state index is 13.2. The number of anilines is 1. The summed E-state index contributed by atoms with van der Waals surface area (Å²) in [7, 11) is 0. The van der Waals surface area contributed by atoms with Gasteiger partial charge in [0, 0.05) is 55.6 Å². The Morgan fingerprint density at radius 2 is 1.84 bits per heavy atom. The first-order valence-electron chi connectivity index (χ1n) is 13.1. The topological polar surface area (TPSA) is 65.0 Å². The SMILES string of the molecule is Cc1cccc(Oc2ccc(C(=O)N[C@H](CN3CCN(c4cccc(O)c4)[C@@H](C)C3)C(C)C)cc2C)c1. The van der Waals surface area contributed by atoms with Crippen LogP contribution >= 0.6 is 0 Å². The summed E-state index contributed by atoms with van der Waals surface area (Å²) in [4.78, 5) is 18.0. The molecule has 6 nitrogen and oxygen atoms in total. The number of aryl methyl sites for hydroxylation is 2. The molecule has 1 aliphatic heterocycles. The number of phenolic OH excluding ortho intramolecular Hbond substituents is 1. The number of hydrogen-bond donors (Lipinski definition) is 2. The molecule has 1 amide bonds. The molecular weight excluding hydrogens is 462 g/mol. The lowest BCUT2D eigenvalue weighted by atomic mass is 10.0. The third kappa shape index (κ3) is 6.83. The average molecular weight is 502 g/mol. The van der Waals surface area contributed by atoms with E-state index in [2.05, 4.69) is 35.9 Å². The molecule has 2 N–H and O–H groups in total. The van der Waals surface area contributed by atoms with Crippen molar-refractivity contribution in [3.05, 3.63) is 83.4 Å². The van der Waals surface area contributed by atoms with Crippen LogP contribution < -0.4 is 15.0 Å². The molecule has 0 radical (unpaired) electrons. The fourth-order valence-electron chi connectivity index (χ4n) is 4.92. The van der Waals surface area contributed by atoms with Gasteiger partial charge in [-0.2, -0.15) is 0 Å². The predicted molar refractivity (Wildman–Crippen MR) is 150 cm³/mol. The van der Waals surface area contributed by atoms with E-state index < -0.39 is 0 Å². The lowest BCUT2D eigenvalue weighted by molar-refractivity contribution is 0.0903. The maximum Gasteiger partial charge on any atom is 0.251 e. The van der Waals surface area contributed by atoms with Gasteiger partial charge in [0.2, 0.25) is 0 Å². The summed E-state index contributed by atoms with van der Waals surface area (Å²) >= 11 is 0. The normalized spacial score (nSPS) is 17.0. The van der Waals surface area contributed by atoms with E-state index in [-0.39, 0.29) is 11.9 Å². The third-order valence-electron chi connectivity index (χ3n) is 7.10. The summed E-state index contributed by atoms with van der Waals surface area (Å²) in [6, 6.07) is 21.3. The number of rotatable bonds is 8. The highest BCUT2D eigenvalue weighted by molar-refractivity contribution is 5.94. The second-order valence-corrected chi connectivity index (χ2v) is 10.5. The molecule has 1 aliphatic rings. The van der Waals surface area contributed by atoms with Gasteiger partial charge in [-0.05, 0) is 80.3 Å². The minimum Gasteiger partial charge on any atom is -0.508 e. The van der Waals surface area contributed by atoms with Crippen LogP contribution in [0.1, 0.15) is 42.3 Å². The number of benzene rings is 3. The van der Waals surface area contributed by atoms with Crippen molar-refractivity contribution in [3.63, 3.8) is 0 Å². The van der Waals surface area contributed by atoms with E-state index in [9.17, 15) is 9.90 Å². The van der Waals surface area contributed by atoms with Crippen molar-refractivity contribution in [3.8, 4) is 17.2 Å². The summed E-state index contributed by atoms with van der Waals surface area (Å²) in [5, 5.41) is 13.1. The fraction of sp³-hybridized carbons (Fsp3) is 0.387. The molecule has 3 aromatic carbocycles. The largest absolute Gasteiger partial charge is 0.508 e. The molecule has 6 heteroatoms. The molecule has 1 heterocycles. The van der Waals surface area contributed by atoms with E-state index in [1.165, 1.54) is 0 Å². The van der Waals surface area contributed by atoms with E-state index in [0.717, 1.165) is 54.5 Å². The Hall–Kier alpha value is -3.51. The van der Waals surface area contributed by atoms with Gasteiger partial charge in [0.25, 0.3) is 5.91 Å². The highest BCUT2D eigenvalue weighted by Crippen LogP contribution is 2.27. The van der Waals surface area contributed by atoms with Crippen LogP contribution in [0.25, 0.3) is 0 Å². The Balaban J connectivity index is 1.37. The van der Waals surface area contributed by atoms with Crippen LogP contribution in [0.3, 0.4) is 0 Å². The van der Waals surface area contributed by atoms with Crippen molar-refractivity contribution in [2.24, 2.45) is 5.92 Å². The van der Waals surface area contributed by atoms with Crippen molar-refractivity contribution in [2.45, 2.75) is 46.7 Å². The Kier molecular flexibility index (Phi) is 8.39. The molecule has 1 saturated heterocycles. The Morgan fingerprint density at radius 1 is 1.05 bits per heavy atom. The molecule has 37 heavy (non-hydrogen) atoms. The lowest BCUT2D eigenvalue weighted by Crippen LogP contribution is -2.56. The number of carbonyl (C=O) groups excluding carboxylic acids is 1. The van der Waals surface area contributed by atoms with Gasteiger partial charge >= 0.3 is 0 Å². The first kappa shape index (κ1) is 26.6. The standard InChI is InChI=1S/C31H39N3O3/c1-21(2)29(20-33-14-15-34(24(5)19-33)26-9-7-10-27(35)18-26)32-31(36)25-12-13-30(23(4)17-25)37-28-11-6-8-22(3)16-28/h6-13,16-18,21,24,29,35H,14-15,19-20H2,1-5H3,(H,32,36)/t24-,29+/m0/s1. The van der Waals surface area contributed by atoms with Gasteiger partial charge in [-0.15, -0.1) is 0 Å². The number of piperazine rings is 1. The molecule has 0 bridgehead atoms. The van der Waals surface area contributed by atoms with Crippen molar-refractivity contribution >= 4 is 11.6 Å². The second kappa shape index (κ2) is 11.7. The van der Waals surface area contributed by atoms with Crippen molar-refractivity contribution in [1.29, 1.82) is 0 Å². The van der Waals surface area contributed by atoms with Crippen LogP contribution in [0.5, 0.6) is 17.2 Å². The molecule has 0 spiro atoms. The summed E-state index contributed by atoms with van der Waals surface area (Å²) in [6.45, 7) is 14.0. The number of aromatic hydroxyl groups is 1. The molecule has 0 unspecified atom stereocenters. The number of nitrogens with zero attached hydrogens (tertiary/aromatic N) is 2. The molecule has 4 rings (SSSR count). The maximum atomic E-state index is 13.2. The molecule has 196 valence electrons. The number of nitrogens with one attached hydrogen (secondary N) is 1. The van der Waals surface area contributed by atoms with Gasteiger partial charge in [-0.3, -0.25) is 9.69 Å². The zero-order chi connectivity index (χ0) is 26.5. The Labute approximate surface area is 220 Å². The van der Waals surface area contributed by atoms with Gasteiger partial charge in [0.15, 0.2) is 0 Å². The number of ether oxygens (including phenoxy) is 1. The van der Waals surface area contributed by atoms with Crippen LogP contribution in [0.15, 0.2) is 66.7 Å². The zero-order valence-corrected chi connectivity index (χ0v) is 22.6. The van der Waals surface area contributed by atoms with Gasteiger partial charge in [0.1, 0.15) is 17.2 Å². The molecule has 0 saturated carbocycles. The van der Waals surface area contributed by atoms with Gasteiger partial charge in [-0.1, -0.05) is 32.0 Å². The zero-order valence-electron chi connectivity index (χ0n) is 22.6. The first-order valence-corrected chi connectivity index (χ1v) is 13.1. The third-order valence-corrected chi connectivity index (χ3v) is 7.10. The van der Waals surface area contributed by atoms with E-state index >= 15 is 0 Å². The molecule has 0 aromatic heterocycles. The Morgan fingerprint density at radius 3 is 2.51 bits per heavy atom. The fourth-order valence-corrected chi connectivity index (χ4v) is 4.92. The summed E-state index contributed by atoms with van der Waals surface area (Å²) in [5.74, 6) is 2.07. The monoisotopic (exact) mass is 501 g/mol. The minimum absolute atomic E-state index is 0.0375. The van der Waals surface area contributed by atoms with E-state index in [1.54, 1.807) is 6.07 Å². The number of hydrogen-bond acceptors (Lipinski definition) is 5. The highest BCUT2D eigenvalue weighted by Gasteiger charge is 2.27. The van der Waals surface area contributed by atoms with Crippen LogP contribution in [0, 0.1) is 19.8 Å². The van der Waals surface area contributed by atoms with Crippen LogP contribution in [0.4, 0.5) is 5.69 Å². The van der Waals surface area contributed by atoms with E-state index in [4.69, 9.17) is 4.74 Å². The summed E-state index contributed by atoms with van der Waals surface area (Å²) < 4.78 is 6.05. The van der Waals surface area contributed by atoms with E-state index in [1.807, 2.05) is 74.5 Å². The van der Waals surface area contributed by atoms with E-state index in [0.29, 0.717) is 23.3 Å². The minimum atomic E-state index is -0.0599. The van der Waals surface area contributed by atoms with Crippen molar-refractivity contribution in [2.75, 3.05) is 31.1 Å². The Bertz CT molecular complexity index is 1230. The molecule has 1 fully saturated rings. The molecule has 3 aromatic rings. The van der Waals surface area contributed by atoms with Gasteiger partial charge < -0.3 is 20.1 Å². The average Bonchev–Trinajstić information content (AvgIpc) is 2.85. The van der Waals surface area contributed by atoms with Crippen molar-refractivity contribution in [1.82, 2.24) is 10.2 Å². The molecular formula is C31H39N3O3. The van der Waals surface area contributed by atoms with Crippen LogP contribution in [0.2, 0.25) is 0 Å². The second-order valence-electron chi connectivity index (χ2n) is 10.5. The quantitative estimate of drug-likeness (QED) is 0.410. The summed E-state index contributed by atoms with van der Waals surface area (Å²) in [6.07, 6.45) is 0. The highest BCUT2D eigenvalue weighted by atomic mass is 16.5. The smallest absolute Gasteiger partial charge is 0.251 e. The lowest BCUT2D eigenvalue weighted by Gasteiger charge is -2.42. The predicted octanol–water partition coefficient (Wildman–Crippen LogP) is 5.77. The number of amides is 1. The number of carbonyl (C=O) groups is 1. The van der Waals surface area contributed by atoms with Crippen molar-refractivity contribution < 1.29 is 14.6 Å². The van der Waals surface area contributed by atoms with Crippen LogP contribution in [-0.2, 0) is 0 Å². The van der Waals surface area contributed by atoms with Crippen LogP contribution in [-0.4, -0.2) is 54.2 Å². The van der Waals surface area contributed by atoms with Gasteiger partial charge in [0.05, 0.1) is 0 Å². The molecule has 0 aliphatic carbocycles. The molecule has 2 atom stereocenters. The summed E-state index contributed by atoms with van der Waals surface area (Å²) in [5.41, 5.74) is 3.75. The first-order chi connectivity index (χ1) is 17.7. The number of phenols is 1.